The van der Waals surface area contributed by atoms with E-state index in [1.54, 1.807) is 19.5 Å². The molecule has 82 valence electrons. The highest BCUT2D eigenvalue weighted by molar-refractivity contribution is 7.80. The van der Waals surface area contributed by atoms with E-state index in [9.17, 15) is 0 Å². The lowest BCUT2D eigenvalue weighted by atomic mass is 10.4. The smallest absolute Gasteiger partial charge is 0.170 e. The van der Waals surface area contributed by atoms with Crippen molar-refractivity contribution in [2.45, 2.75) is 6.42 Å². The molecule has 0 amide bonds. The zero-order valence-corrected chi connectivity index (χ0v) is 9.51. The molecule has 0 saturated carbocycles. The van der Waals surface area contributed by atoms with Gasteiger partial charge in [-0.25, -0.2) is 0 Å². The molecule has 1 aromatic heterocycles. The van der Waals surface area contributed by atoms with Crippen LogP contribution in [0.3, 0.4) is 0 Å². The topological polar surface area (TPSA) is 46.2 Å². The van der Waals surface area contributed by atoms with Crippen LogP contribution in [0.25, 0.3) is 0 Å². The summed E-state index contributed by atoms with van der Waals surface area (Å²) < 4.78 is 4.93. The van der Waals surface area contributed by atoms with Crippen LogP contribution in [-0.4, -0.2) is 30.4 Å². The number of nitrogens with zero attached hydrogens (tertiary/aromatic N) is 1. The number of aromatic nitrogens is 1. The lowest BCUT2D eigenvalue weighted by molar-refractivity contribution is 0.196. The zero-order valence-electron chi connectivity index (χ0n) is 8.69. The van der Waals surface area contributed by atoms with E-state index in [1.807, 2.05) is 12.1 Å². The summed E-state index contributed by atoms with van der Waals surface area (Å²) in [4.78, 5) is 3.92. The third kappa shape index (κ3) is 5.29. The highest BCUT2D eigenvalue weighted by atomic mass is 32.1. The van der Waals surface area contributed by atoms with Crippen molar-refractivity contribution < 1.29 is 4.74 Å². The molecule has 0 fully saturated rings. The molecule has 0 atom stereocenters. The summed E-state index contributed by atoms with van der Waals surface area (Å²) in [7, 11) is 1.69. The largest absolute Gasteiger partial charge is 0.385 e. The molecule has 5 heteroatoms. The van der Waals surface area contributed by atoms with Gasteiger partial charge in [-0.15, -0.1) is 0 Å². The van der Waals surface area contributed by atoms with Gasteiger partial charge >= 0.3 is 0 Å². The molecule has 0 aromatic carbocycles. The van der Waals surface area contributed by atoms with Gasteiger partial charge in [0.25, 0.3) is 0 Å². The molecule has 2 N–H and O–H groups in total. The number of hydrogen-bond donors (Lipinski definition) is 2. The SMILES string of the molecule is COCCCNC(=S)Nc1ccncc1. The van der Waals surface area contributed by atoms with Crippen molar-refractivity contribution in [1.29, 1.82) is 0 Å². The maximum atomic E-state index is 5.10. The summed E-state index contributed by atoms with van der Waals surface area (Å²) in [5.74, 6) is 0. The van der Waals surface area contributed by atoms with Gasteiger partial charge in [0.1, 0.15) is 0 Å². The Bertz CT molecular complexity index is 292. The van der Waals surface area contributed by atoms with Crippen molar-refractivity contribution >= 4 is 23.0 Å². The summed E-state index contributed by atoms with van der Waals surface area (Å²) in [6.07, 6.45) is 4.38. The number of rotatable bonds is 5. The summed E-state index contributed by atoms with van der Waals surface area (Å²) in [6.45, 7) is 1.55. The van der Waals surface area contributed by atoms with Gasteiger partial charge in [-0.1, -0.05) is 0 Å². The molecule has 1 aromatic rings. The Balaban J connectivity index is 2.19. The summed E-state index contributed by atoms with van der Waals surface area (Å²) in [5, 5.41) is 6.77. The van der Waals surface area contributed by atoms with E-state index in [2.05, 4.69) is 15.6 Å². The Hall–Kier alpha value is -1.20. The number of pyridine rings is 1. The molecule has 0 spiro atoms. The van der Waals surface area contributed by atoms with Crippen LogP contribution in [0.15, 0.2) is 24.5 Å². The Morgan fingerprint density at radius 1 is 1.47 bits per heavy atom. The number of ether oxygens (including phenoxy) is 1. The van der Waals surface area contributed by atoms with Gasteiger partial charge in [-0.2, -0.15) is 0 Å². The van der Waals surface area contributed by atoms with Gasteiger partial charge < -0.3 is 15.4 Å². The molecule has 0 radical (unpaired) electrons. The third-order valence-corrected chi connectivity index (χ3v) is 2.00. The molecule has 4 nitrogen and oxygen atoms in total. The molecular weight excluding hydrogens is 210 g/mol. The number of methoxy groups -OCH3 is 1. The van der Waals surface area contributed by atoms with Crippen LogP contribution in [0.1, 0.15) is 6.42 Å². The number of anilines is 1. The second-order valence-electron chi connectivity index (χ2n) is 2.96. The van der Waals surface area contributed by atoms with Crippen LogP contribution < -0.4 is 10.6 Å². The van der Waals surface area contributed by atoms with E-state index in [4.69, 9.17) is 17.0 Å². The van der Waals surface area contributed by atoms with Crippen molar-refractivity contribution in [2.24, 2.45) is 0 Å². The maximum Gasteiger partial charge on any atom is 0.170 e. The van der Waals surface area contributed by atoms with Gasteiger partial charge in [0.15, 0.2) is 5.11 Å². The first kappa shape index (κ1) is 11.9. The van der Waals surface area contributed by atoms with E-state index in [0.29, 0.717) is 5.11 Å². The molecular formula is C10H15N3OS. The van der Waals surface area contributed by atoms with E-state index in [-0.39, 0.29) is 0 Å². The average molecular weight is 225 g/mol. The van der Waals surface area contributed by atoms with Crippen molar-refractivity contribution in [3.8, 4) is 0 Å². The minimum absolute atomic E-state index is 0.623. The summed E-state index contributed by atoms with van der Waals surface area (Å²) in [5.41, 5.74) is 0.939. The highest BCUT2D eigenvalue weighted by Gasteiger charge is 1.95. The number of thiocarbonyl (C=S) groups is 1. The fraction of sp³-hybridized carbons (Fsp3) is 0.400. The Morgan fingerprint density at radius 2 is 2.20 bits per heavy atom. The van der Waals surface area contributed by atoms with Gasteiger partial charge in [0.2, 0.25) is 0 Å². The van der Waals surface area contributed by atoms with Crippen molar-refractivity contribution in [2.75, 3.05) is 25.6 Å². The van der Waals surface area contributed by atoms with Crippen LogP contribution in [-0.2, 0) is 4.74 Å². The molecule has 1 rings (SSSR count). The number of nitrogens with one attached hydrogen (secondary N) is 2. The molecule has 0 aliphatic rings. The van der Waals surface area contributed by atoms with Crippen LogP contribution in [0.4, 0.5) is 5.69 Å². The Morgan fingerprint density at radius 3 is 2.87 bits per heavy atom. The van der Waals surface area contributed by atoms with E-state index >= 15 is 0 Å². The molecule has 1 heterocycles. The lowest BCUT2D eigenvalue weighted by Crippen LogP contribution is -2.29. The molecule has 15 heavy (non-hydrogen) atoms. The van der Waals surface area contributed by atoms with Crippen LogP contribution >= 0.6 is 12.2 Å². The van der Waals surface area contributed by atoms with Crippen molar-refractivity contribution in [1.82, 2.24) is 10.3 Å². The second kappa shape index (κ2) is 7.14. The monoisotopic (exact) mass is 225 g/mol. The van der Waals surface area contributed by atoms with Crippen LogP contribution in [0, 0.1) is 0 Å². The van der Waals surface area contributed by atoms with Crippen LogP contribution in [0.5, 0.6) is 0 Å². The molecule has 0 saturated heterocycles. The minimum Gasteiger partial charge on any atom is -0.385 e. The predicted octanol–water partition coefficient (Wildman–Crippen LogP) is 1.40. The van der Waals surface area contributed by atoms with E-state index in [0.717, 1.165) is 25.3 Å². The van der Waals surface area contributed by atoms with E-state index in [1.165, 1.54) is 0 Å². The fourth-order valence-corrected chi connectivity index (χ4v) is 1.25. The van der Waals surface area contributed by atoms with Gasteiger partial charge in [0, 0.05) is 38.3 Å². The Kier molecular flexibility index (Phi) is 5.65. The standard InChI is InChI=1S/C10H15N3OS/c1-14-8-2-5-12-10(15)13-9-3-6-11-7-4-9/h3-4,6-7H,2,5,8H2,1H3,(H2,11,12,13,15). The predicted molar refractivity (Wildman–Crippen MR) is 65.0 cm³/mol. The normalized spacial score (nSPS) is 9.67. The van der Waals surface area contributed by atoms with Gasteiger partial charge in [-0.05, 0) is 30.8 Å². The zero-order chi connectivity index (χ0) is 10.9. The van der Waals surface area contributed by atoms with Crippen molar-refractivity contribution in [3.05, 3.63) is 24.5 Å². The van der Waals surface area contributed by atoms with E-state index < -0.39 is 0 Å². The third-order valence-electron chi connectivity index (χ3n) is 1.75. The second-order valence-corrected chi connectivity index (χ2v) is 3.37. The highest BCUT2D eigenvalue weighted by Crippen LogP contribution is 2.02. The fourth-order valence-electron chi connectivity index (χ4n) is 1.03. The maximum absolute atomic E-state index is 5.10. The van der Waals surface area contributed by atoms with Gasteiger partial charge in [-0.3, -0.25) is 4.98 Å². The summed E-state index contributed by atoms with van der Waals surface area (Å²) >= 11 is 5.10. The molecule has 0 unspecified atom stereocenters. The minimum atomic E-state index is 0.623. The molecule has 0 aliphatic heterocycles. The first-order chi connectivity index (χ1) is 7.33. The van der Waals surface area contributed by atoms with Crippen LogP contribution in [0.2, 0.25) is 0 Å². The molecule has 0 aliphatic carbocycles. The van der Waals surface area contributed by atoms with Gasteiger partial charge in [0.05, 0.1) is 0 Å². The number of hydrogen-bond acceptors (Lipinski definition) is 3. The quantitative estimate of drug-likeness (QED) is 0.586. The lowest BCUT2D eigenvalue weighted by Gasteiger charge is -2.09. The summed E-state index contributed by atoms with van der Waals surface area (Å²) in [6, 6.07) is 3.73. The first-order valence-corrected chi connectivity index (χ1v) is 5.17. The van der Waals surface area contributed by atoms with Crippen molar-refractivity contribution in [3.63, 3.8) is 0 Å². The average Bonchev–Trinajstić information content (AvgIpc) is 2.26. The first-order valence-electron chi connectivity index (χ1n) is 4.77. The Labute approximate surface area is 95.0 Å². The molecule has 0 bridgehead atoms.